The number of amides is 1. The first kappa shape index (κ1) is 29.2. The summed E-state index contributed by atoms with van der Waals surface area (Å²) in [6.45, 7) is 1.60. The van der Waals surface area contributed by atoms with Crippen LogP contribution in [0.3, 0.4) is 0 Å². The zero-order valence-corrected chi connectivity index (χ0v) is 21.4. The van der Waals surface area contributed by atoms with E-state index in [0.717, 1.165) is 30.3 Å². The van der Waals surface area contributed by atoms with Crippen LogP contribution < -0.4 is 5.32 Å². The minimum absolute atomic E-state index is 0.0546. The van der Waals surface area contributed by atoms with Gasteiger partial charge in [0.1, 0.15) is 10.6 Å². The molecule has 0 bridgehead atoms. The summed E-state index contributed by atoms with van der Waals surface area (Å²) < 4.78 is 136. The summed E-state index contributed by atoms with van der Waals surface area (Å²) in [7, 11) is -3.08. The second kappa shape index (κ2) is 9.43. The molecule has 1 unspecified atom stereocenters. The number of nitrogens with one attached hydrogen (secondary N) is 1. The third-order valence-electron chi connectivity index (χ3n) is 7.83. The van der Waals surface area contributed by atoms with E-state index in [4.69, 9.17) is 0 Å². The summed E-state index contributed by atoms with van der Waals surface area (Å²) in [5, 5.41) is 2.47. The van der Waals surface area contributed by atoms with E-state index in [0.29, 0.717) is 12.1 Å². The molecule has 1 aliphatic carbocycles. The predicted octanol–water partition coefficient (Wildman–Crippen LogP) is 4.94. The van der Waals surface area contributed by atoms with Gasteiger partial charge in [-0.1, -0.05) is 18.2 Å². The molecule has 3 atom stereocenters. The van der Waals surface area contributed by atoms with Gasteiger partial charge < -0.3 is 5.32 Å². The zero-order valence-electron chi connectivity index (χ0n) is 20.6. The van der Waals surface area contributed by atoms with Gasteiger partial charge in [-0.05, 0) is 61.6 Å². The van der Waals surface area contributed by atoms with Crippen LogP contribution in [0.5, 0.6) is 0 Å². The number of hydrogen-bond donors (Lipinski definition) is 1. The number of carbonyl (C=O) groups excluding carboxylic acids is 1. The smallest absolute Gasteiger partial charge is 0.358 e. The number of nitrogens with zero attached hydrogens (tertiary/aromatic N) is 1. The summed E-state index contributed by atoms with van der Waals surface area (Å²) >= 11 is 0. The molecule has 14 heteroatoms. The third-order valence-corrected chi connectivity index (χ3v) is 10.4. The van der Waals surface area contributed by atoms with E-state index < -0.39 is 62.0 Å². The molecule has 1 heterocycles. The monoisotopic (exact) mass is 584 g/mol. The Morgan fingerprint density at radius 2 is 1.62 bits per heavy atom. The van der Waals surface area contributed by atoms with E-state index in [1.165, 1.54) is 7.05 Å². The highest BCUT2D eigenvalue weighted by Gasteiger charge is 2.73. The maximum Gasteiger partial charge on any atom is 0.435 e. The molecule has 0 radical (unpaired) electrons. The van der Waals surface area contributed by atoms with Crippen molar-refractivity contribution in [2.24, 2.45) is 0 Å². The number of benzene rings is 2. The molecule has 1 aliphatic heterocycles. The van der Waals surface area contributed by atoms with Gasteiger partial charge in [-0.3, -0.25) is 9.69 Å². The first-order chi connectivity index (χ1) is 17.9. The van der Waals surface area contributed by atoms with Gasteiger partial charge in [-0.2, -0.15) is 26.3 Å². The first-order valence-corrected chi connectivity index (χ1v) is 13.4. The number of likely N-dealkylation sites (N-methyl/N-ethyl adjacent to an activating group) is 1. The molecule has 1 saturated heterocycles. The quantitative estimate of drug-likeness (QED) is 0.400. The van der Waals surface area contributed by atoms with E-state index in [1.54, 1.807) is 11.8 Å². The van der Waals surface area contributed by atoms with Gasteiger partial charge in [-0.25, -0.2) is 17.2 Å². The van der Waals surface area contributed by atoms with E-state index in [2.05, 4.69) is 5.32 Å². The Morgan fingerprint density at radius 3 is 2.15 bits per heavy atom. The van der Waals surface area contributed by atoms with Crippen molar-refractivity contribution in [2.45, 2.75) is 65.9 Å². The lowest BCUT2D eigenvalue weighted by molar-refractivity contribution is -0.348. The van der Waals surface area contributed by atoms with Gasteiger partial charge in [0, 0.05) is 25.2 Å². The molecule has 0 saturated carbocycles. The molecular weight excluding hydrogens is 560 g/mol. The number of alkyl halides is 7. The summed E-state index contributed by atoms with van der Waals surface area (Å²) in [4.78, 5) is 13.7. The number of fused-ring (bicyclic) bond motifs is 3. The normalized spacial score (nSPS) is 23.2. The Balaban J connectivity index is 1.96. The van der Waals surface area contributed by atoms with Gasteiger partial charge in [0.2, 0.25) is 5.91 Å². The maximum atomic E-state index is 14.8. The average Bonchev–Trinajstić information content (AvgIpc) is 3.27. The topological polar surface area (TPSA) is 66.5 Å². The van der Waals surface area contributed by atoms with E-state index >= 15 is 0 Å². The van der Waals surface area contributed by atoms with Gasteiger partial charge in [0.15, 0.2) is 9.84 Å². The van der Waals surface area contributed by atoms with Gasteiger partial charge >= 0.3 is 18.0 Å². The van der Waals surface area contributed by atoms with Crippen molar-refractivity contribution >= 4 is 15.7 Å². The largest absolute Gasteiger partial charge is 0.435 e. The van der Waals surface area contributed by atoms with Crippen molar-refractivity contribution < 1.29 is 48.3 Å². The van der Waals surface area contributed by atoms with Gasteiger partial charge in [0.05, 0.1) is 10.9 Å². The van der Waals surface area contributed by atoms with Crippen molar-refractivity contribution in [1.29, 1.82) is 0 Å². The second-order valence-corrected chi connectivity index (χ2v) is 11.9. The Hall–Kier alpha value is -2.74. The van der Waals surface area contributed by atoms with Crippen LogP contribution in [0.4, 0.5) is 35.1 Å². The highest BCUT2D eigenvalue weighted by molar-refractivity contribution is 7.92. The Labute approximate surface area is 219 Å². The first-order valence-electron chi connectivity index (χ1n) is 11.9. The predicted molar refractivity (Wildman–Crippen MR) is 124 cm³/mol. The lowest BCUT2D eigenvalue weighted by Gasteiger charge is -2.44. The van der Waals surface area contributed by atoms with Crippen molar-refractivity contribution in [2.75, 3.05) is 13.6 Å². The lowest BCUT2D eigenvalue weighted by atomic mass is 9.76. The molecule has 4 rings (SSSR count). The number of rotatable bonds is 5. The number of sulfone groups is 1. The zero-order chi connectivity index (χ0) is 29.2. The number of halogens is 8. The molecule has 39 heavy (non-hydrogen) atoms. The third kappa shape index (κ3) is 4.21. The highest BCUT2D eigenvalue weighted by Crippen LogP contribution is 2.56. The fourth-order valence-corrected chi connectivity index (χ4v) is 8.29. The number of likely N-dealkylation sites (tertiary alicyclic amines) is 1. The second-order valence-electron chi connectivity index (χ2n) is 9.71. The number of hydrogen-bond acceptors (Lipinski definition) is 4. The Morgan fingerprint density at radius 1 is 1.03 bits per heavy atom. The molecule has 0 aromatic heterocycles. The fourth-order valence-electron chi connectivity index (χ4n) is 5.91. The minimum atomic E-state index is -6.33. The minimum Gasteiger partial charge on any atom is -0.358 e. The van der Waals surface area contributed by atoms with Crippen LogP contribution >= 0.6 is 0 Å². The van der Waals surface area contributed by atoms with Crippen LogP contribution in [-0.4, -0.2) is 57.3 Å². The summed E-state index contributed by atoms with van der Waals surface area (Å²) in [5.41, 5.74) is -7.64. The molecule has 1 amide bonds. The Kier molecular flexibility index (Phi) is 7.07. The standard InChI is InChI=1S/C25H24F8N2O3S/c1-14(21(36)34-2)35-12-11-22(39(37,38)18-7-5-17(26)6-8-18)19-9-4-16(13-15(19)3-10-20(22)35)23(27,24(28,29)30)25(31,32)33/h4-9,13-14,20H,3,10-12H2,1-2H3,(H,34,36)/t14?,20-,22-/m1/s1. The molecule has 2 aliphatic rings. The van der Waals surface area contributed by atoms with E-state index in [9.17, 15) is 48.3 Å². The average molecular weight is 585 g/mol. The summed E-state index contributed by atoms with van der Waals surface area (Å²) in [6.07, 6.45) is -13.1. The Bertz CT molecular complexity index is 1360. The molecule has 5 nitrogen and oxygen atoms in total. The molecule has 214 valence electrons. The van der Waals surface area contributed by atoms with Crippen molar-refractivity contribution in [3.8, 4) is 0 Å². The molecule has 1 fully saturated rings. The van der Waals surface area contributed by atoms with Gasteiger partial charge in [0.25, 0.3) is 0 Å². The van der Waals surface area contributed by atoms with Crippen LogP contribution in [0.15, 0.2) is 47.4 Å². The SMILES string of the molecule is CNC(=O)C(C)N1CC[C@@]2(S(=O)(=O)c3ccc(F)cc3)c3ccc(C(F)(C(F)(F)F)C(F)(F)F)cc3CC[C@@H]12. The summed E-state index contributed by atoms with van der Waals surface area (Å²) in [5.74, 6) is -1.15. The maximum absolute atomic E-state index is 14.8. The van der Waals surface area contributed by atoms with Crippen LogP contribution in [0.1, 0.15) is 36.5 Å². The van der Waals surface area contributed by atoms with Crippen molar-refractivity contribution in [3.05, 3.63) is 65.0 Å². The number of aryl methyl sites for hydroxylation is 1. The molecule has 2 aromatic carbocycles. The van der Waals surface area contributed by atoms with Gasteiger partial charge in [-0.15, -0.1) is 0 Å². The summed E-state index contributed by atoms with van der Waals surface area (Å²) in [6, 6.07) is 3.68. The highest BCUT2D eigenvalue weighted by atomic mass is 32.2. The van der Waals surface area contributed by atoms with Crippen molar-refractivity contribution in [1.82, 2.24) is 10.2 Å². The van der Waals surface area contributed by atoms with E-state index in [-0.39, 0.29) is 41.8 Å². The van der Waals surface area contributed by atoms with E-state index in [1.807, 2.05) is 0 Å². The molecule has 0 spiro atoms. The molecule has 1 N–H and O–H groups in total. The number of carbonyl (C=O) groups is 1. The fraction of sp³-hybridized carbons (Fsp3) is 0.480. The molecular formula is C25H24F8N2O3S. The van der Waals surface area contributed by atoms with Crippen LogP contribution in [0.2, 0.25) is 0 Å². The lowest BCUT2D eigenvalue weighted by Crippen LogP contribution is -2.55. The van der Waals surface area contributed by atoms with Crippen molar-refractivity contribution in [3.63, 3.8) is 0 Å². The van der Waals surface area contributed by atoms with Crippen LogP contribution in [0.25, 0.3) is 0 Å². The van der Waals surface area contributed by atoms with Crippen LogP contribution in [0, 0.1) is 5.82 Å². The van der Waals surface area contributed by atoms with Crippen LogP contribution in [-0.2, 0) is 31.5 Å². The molecule has 2 aromatic rings.